The van der Waals surface area contributed by atoms with Crippen LogP contribution >= 0.6 is 15.9 Å². The first-order chi connectivity index (χ1) is 9.13. The van der Waals surface area contributed by atoms with E-state index >= 15 is 0 Å². The summed E-state index contributed by atoms with van der Waals surface area (Å²) in [5.41, 5.74) is 8.51. The second-order valence-electron chi connectivity index (χ2n) is 4.50. The van der Waals surface area contributed by atoms with E-state index in [1.807, 2.05) is 30.5 Å². The van der Waals surface area contributed by atoms with E-state index in [0.717, 1.165) is 26.6 Å². The predicted octanol–water partition coefficient (Wildman–Crippen LogP) is 4.17. The largest absolute Gasteiger partial charge is 0.399 e. The lowest BCUT2D eigenvalue weighted by molar-refractivity contribution is 0.623. The Kier molecular flexibility index (Phi) is 3.03. The van der Waals surface area contributed by atoms with E-state index in [0.29, 0.717) is 6.54 Å². The number of hydrogen-bond donors (Lipinski definition) is 1. The maximum absolute atomic E-state index is 13.3. The van der Waals surface area contributed by atoms with Crippen molar-refractivity contribution in [3.63, 3.8) is 0 Å². The summed E-state index contributed by atoms with van der Waals surface area (Å²) in [7, 11) is 0. The fourth-order valence-corrected chi connectivity index (χ4v) is 2.58. The maximum atomic E-state index is 13.3. The Balaban J connectivity index is 2.03. The van der Waals surface area contributed by atoms with Crippen LogP contribution in [0.4, 0.5) is 10.1 Å². The summed E-state index contributed by atoms with van der Waals surface area (Å²) in [6, 6.07) is 12.5. The highest BCUT2D eigenvalue weighted by Crippen LogP contribution is 2.23. The molecule has 3 rings (SSSR count). The second-order valence-corrected chi connectivity index (χ2v) is 5.35. The number of nitrogens with two attached hydrogens (primary N) is 1. The average molecular weight is 319 g/mol. The molecule has 1 heterocycles. The summed E-state index contributed by atoms with van der Waals surface area (Å²) >= 11 is 3.45. The van der Waals surface area contributed by atoms with E-state index in [-0.39, 0.29) is 5.82 Å². The lowest BCUT2D eigenvalue weighted by Gasteiger charge is -2.08. The van der Waals surface area contributed by atoms with Gasteiger partial charge in [0.15, 0.2) is 0 Å². The van der Waals surface area contributed by atoms with Gasteiger partial charge in [0, 0.05) is 33.8 Å². The molecule has 96 valence electrons. The van der Waals surface area contributed by atoms with Crippen molar-refractivity contribution < 1.29 is 4.39 Å². The van der Waals surface area contributed by atoms with Gasteiger partial charge in [-0.1, -0.05) is 15.9 Å². The van der Waals surface area contributed by atoms with E-state index in [1.165, 1.54) is 6.07 Å². The van der Waals surface area contributed by atoms with Gasteiger partial charge >= 0.3 is 0 Å². The molecule has 2 nitrogen and oxygen atoms in total. The summed E-state index contributed by atoms with van der Waals surface area (Å²) in [4.78, 5) is 0. The van der Waals surface area contributed by atoms with Crippen LogP contribution in [0.2, 0.25) is 0 Å². The molecular weight excluding hydrogens is 307 g/mol. The summed E-state index contributed by atoms with van der Waals surface area (Å²) in [6.07, 6.45) is 1.99. The standard InChI is InChI=1S/C15H12BrFN2/c16-14-3-1-12(17)7-11(14)9-19-6-5-10-8-13(18)2-4-15(10)19/h1-8H,9,18H2. The second kappa shape index (κ2) is 4.70. The van der Waals surface area contributed by atoms with E-state index in [9.17, 15) is 4.39 Å². The average Bonchev–Trinajstić information content (AvgIpc) is 2.76. The molecule has 0 bridgehead atoms. The molecule has 4 heteroatoms. The zero-order chi connectivity index (χ0) is 13.4. The van der Waals surface area contributed by atoms with Gasteiger partial charge in [0.05, 0.1) is 0 Å². The van der Waals surface area contributed by atoms with Gasteiger partial charge in [0.25, 0.3) is 0 Å². The Morgan fingerprint density at radius 2 is 1.95 bits per heavy atom. The van der Waals surface area contributed by atoms with E-state index < -0.39 is 0 Å². The van der Waals surface area contributed by atoms with Crippen molar-refractivity contribution in [2.75, 3.05) is 5.73 Å². The van der Waals surface area contributed by atoms with Crippen molar-refractivity contribution in [3.8, 4) is 0 Å². The fourth-order valence-electron chi connectivity index (χ4n) is 2.20. The minimum Gasteiger partial charge on any atom is -0.399 e. The molecule has 0 saturated carbocycles. The highest BCUT2D eigenvalue weighted by atomic mass is 79.9. The molecule has 2 aromatic carbocycles. The smallest absolute Gasteiger partial charge is 0.123 e. The van der Waals surface area contributed by atoms with E-state index in [2.05, 4.69) is 20.5 Å². The van der Waals surface area contributed by atoms with Crippen molar-refractivity contribution in [2.24, 2.45) is 0 Å². The van der Waals surface area contributed by atoms with Crippen LogP contribution in [0.5, 0.6) is 0 Å². The van der Waals surface area contributed by atoms with Crippen molar-refractivity contribution in [2.45, 2.75) is 6.54 Å². The number of nitrogens with zero attached hydrogens (tertiary/aromatic N) is 1. The van der Waals surface area contributed by atoms with Crippen LogP contribution in [0.25, 0.3) is 10.9 Å². The summed E-state index contributed by atoms with van der Waals surface area (Å²) in [5, 5.41) is 1.09. The third-order valence-electron chi connectivity index (χ3n) is 3.14. The van der Waals surface area contributed by atoms with Crippen molar-refractivity contribution in [3.05, 3.63) is 64.5 Å². The molecule has 0 aliphatic carbocycles. The summed E-state index contributed by atoms with van der Waals surface area (Å²) < 4.78 is 16.3. The van der Waals surface area contributed by atoms with Crippen LogP contribution in [0.1, 0.15) is 5.56 Å². The molecule has 19 heavy (non-hydrogen) atoms. The number of rotatable bonds is 2. The summed E-state index contributed by atoms with van der Waals surface area (Å²) in [5.74, 6) is -0.223. The number of benzene rings is 2. The molecule has 0 atom stereocenters. The predicted molar refractivity (Wildman–Crippen MR) is 79.6 cm³/mol. The van der Waals surface area contributed by atoms with Crippen molar-refractivity contribution >= 4 is 32.5 Å². The van der Waals surface area contributed by atoms with Crippen molar-refractivity contribution in [1.82, 2.24) is 4.57 Å². The van der Waals surface area contributed by atoms with Gasteiger partial charge in [0.1, 0.15) is 5.82 Å². The number of anilines is 1. The highest BCUT2D eigenvalue weighted by molar-refractivity contribution is 9.10. The van der Waals surface area contributed by atoms with Crippen LogP contribution in [-0.4, -0.2) is 4.57 Å². The lowest BCUT2D eigenvalue weighted by Crippen LogP contribution is -1.99. The van der Waals surface area contributed by atoms with Crippen LogP contribution in [0, 0.1) is 5.82 Å². The number of nitrogen functional groups attached to an aromatic ring is 1. The van der Waals surface area contributed by atoms with Gasteiger partial charge in [-0.2, -0.15) is 0 Å². The van der Waals surface area contributed by atoms with Crippen LogP contribution < -0.4 is 5.73 Å². The molecule has 0 aliphatic heterocycles. The van der Waals surface area contributed by atoms with Crippen LogP contribution in [-0.2, 0) is 6.54 Å². The molecule has 0 amide bonds. The molecule has 0 aliphatic rings. The molecule has 1 aromatic heterocycles. The Bertz CT molecular complexity index is 749. The molecule has 3 aromatic rings. The Morgan fingerprint density at radius 3 is 2.79 bits per heavy atom. The Labute approximate surface area is 118 Å². The zero-order valence-electron chi connectivity index (χ0n) is 10.1. The number of hydrogen-bond acceptors (Lipinski definition) is 1. The SMILES string of the molecule is Nc1ccc2c(ccn2Cc2cc(F)ccc2Br)c1. The lowest BCUT2D eigenvalue weighted by atomic mass is 10.2. The minimum absolute atomic E-state index is 0.223. The van der Waals surface area contributed by atoms with Crippen LogP contribution in [0.15, 0.2) is 53.1 Å². The van der Waals surface area contributed by atoms with Gasteiger partial charge in [0.2, 0.25) is 0 Å². The zero-order valence-corrected chi connectivity index (χ0v) is 11.7. The number of fused-ring (bicyclic) bond motifs is 1. The first kappa shape index (κ1) is 12.2. The first-order valence-electron chi connectivity index (χ1n) is 5.92. The van der Waals surface area contributed by atoms with Gasteiger partial charge in [-0.05, 0) is 48.0 Å². The molecule has 2 N–H and O–H groups in total. The number of aromatic nitrogens is 1. The Morgan fingerprint density at radius 1 is 1.11 bits per heavy atom. The van der Waals surface area contributed by atoms with E-state index in [4.69, 9.17) is 5.73 Å². The minimum atomic E-state index is -0.223. The van der Waals surface area contributed by atoms with Gasteiger partial charge in [-0.15, -0.1) is 0 Å². The molecule has 0 unspecified atom stereocenters. The summed E-state index contributed by atoms with van der Waals surface area (Å²) in [6.45, 7) is 0.617. The quantitative estimate of drug-likeness (QED) is 0.706. The molecule has 0 fully saturated rings. The van der Waals surface area contributed by atoms with Crippen LogP contribution in [0.3, 0.4) is 0 Å². The monoisotopic (exact) mass is 318 g/mol. The third-order valence-corrected chi connectivity index (χ3v) is 3.92. The van der Waals surface area contributed by atoms with Crippen molar-refractivity contribution in [1.29, 1.82) is 0 Å². The number of halogens is 2. The highest BCUT2D eigenvalue weighted by Gasteiger charge is 2.06. The molecular formula is C15H12BrFN2. The fraction of sp³-hybridized carbons (Fsp3) is 0.0667. The molecule has 0 radical (unpaired) electrons. The molecule has 0 spiro atoms. The van der Waals surface area contributed by atoms with Gasteiger partial charge in [-0.25, -0.2) is 4.39 Å². The first-order valence-corrected chi connectivity index (χ1v) is 6.71. The normalized spacial score (nSPS) is 11.1. The topological polar surface area (TPSA) is 30.9 Å². The van der Waals surface area contributed by atoms with E-state index in [1.54, 1.807) is 12.1 Å². The maximum Gasteiger partial charge on any atom is 0.123 e. The van der Waals surface area contributed by atoms with Gasteiger partial charge < -0.3 is 10.3 Å². The van der Waals surface area contributed by atoms with Gasteiger partial charge in [-0.3, -0.25) is 0 Å². The molecule has 0 saturated heterocycles. The third kappa shape index (κ3) is 2.36. The Hall–Kier alpha value is -1.81.